The molecule has 0 aliphatic heterocycles. The molecule has 0 heterocycles. The fourth-order valence-corrected chi connectivity index (χ4v) is 1.36. The van der Waals surface area contributed by atoms with E-state index in [0.717, 1.165) is 5.92 Å². The van der Waals surface area contributed by atoms with Gasteiger partial charge in [0, 0.05) is 6.04 Å². The summed E-state index contributed by atoms with van der Waals surface area (Å²) in [5.41, 5.74) is 2.79. The molecule has 0 unspecified atom stereocenters. The van der Waals surface area contributed by atoms with E-state index in [4.69, 9.17) is 5.84 Å². The summed E-state index contributed by atoms with van der Waals surface area (Å²) in [5, 5.41) is 0. The van der Waals surface area contributed by atoms with E-state index in [1.165, 1.54) is 19.3 Å². The Morgan fingerprint density at radius 3 is 2.50 bits per heavy atom. The van der Waals surface area contributed by atoms with Crippen molar-refractivity contribution < 1.29 is 0 Å². The quantitative estimate of drug-likeness (QED) is 0.388. The van der Waals surface area contributed by atoms with Crippen molar-refractivity contribution in [2.45, 2.75) is 32.2 Å². The molecule has 0 amide bonds. The molecule has 1 saturated carbocycles. The van der Waals surface area contributed by atoms with Crippen molar-refractivity contribution in [2.75, 3.05) is 0 Å². The van der Waals surface area contributed by atoms with E-state index in [-0.39, 0.29) is 0 Å². The van der Waals surface area contributed by atoms with Gasteiger partial charge in [0.05, 0.1) is 0 Å². The van der Waals surface area contributed by atoms with Crippen molar-refractivity contribution >= 4 is 0 Å². The molecule has 0 aromatic rings. The molecule has 1 rings (SSSR count). The Morgan fingerprint density at radius 1 is 1.50 bits per heavy atom. The average Bonchev–Trinajstić information content (AvgIpc) is 2.14. The molecule has 3 N–H and O–H groups in total. The first-order valence-corrected chi connectivity index (χ1v) is 3.29. The second kappa shape index (κ2) is 2.46. The molecule has 2 atom stereocenters. The van der Waals surface area contributed by atoms with Crippen molar-refractivity contribution in [3.63, 3.8) is 0 Å². The first-order chi connectivity index (χ1) is 3.83. The minimum Gasteiger partial charge on any atom is -0.271 e. The fourth-order valence-electron chi connectivity index (χ4n) is 1.36. The molecular weight excluding hydrogens is 100 g/mol. The third-order valence-electron chi connectivity index (χ3n) is 1.93. The Morgan fingerprint density at radius 2 is 2.25 bits per heavy atom. The number of hydrogen-bond donors (Lipinski definition) is 2. The summed E-state index contributed by atoms with van der Waals surface area (Å²) in [6.07, 6.45) is 3.86. The first-order valence-electron chi connectivity index (χ1n) is 3.29. The number of nitrogens with one attached hydrogen (secondary N) is 1. The van der Waals surface area contributed by atoms with Gasteiger partial charge in [0.2, 0.25) is 0 Å². The summed E-state index contributed by atoms with van der Waals surface area (Å²) in [7, 11) is 0. The Balaban J connectivity index is 2.22. The zero-order valence-corrected chi connectivity index (χ0v) is 5.35. The average molecular weight is 114 g/mol. The van der Waals surface area contributed by atoms with Crippen LogP contribution in [0.5, 0.6) is 0 Å². The van der Waals surface area contributed by atoms with Gasteiger partial charge >= 0.3 is 0 Å². The lowest BCUT2D eigenvalue weighted by molar-refractivity contribution is 0.517. The molecule has 1 aliphatic carbocycles. The van der Waals surface area contributed by atoms with Crippen LogP contribution in [0.3, 0.4) is 0 Å². The number of hydrazine groups is 1. The summed E-state index contributed by atoms with van der Waals surface area (Å²) in [6, 6.07) is 0.602. The molecule has 0 bridgehead atoms. The molecule has 0 aromatic carbocycles. The standard InChI is InChI=1S/C6H14N2/c1-5-2-3-6(4-5)8-7/h5-6,8H,2-4,7H2,1H3/t5-,6-/m0/s1. The molecule has 2 heteroatoms. The summed E-state index contributed by atoms with van der Waals surface area (Å²) in [4.78, 5) is 0. The smallest absolute Gasteiger partial charge is 0.0213 e. The van der Waals surface area contributed by atoms with Crippen molar-refractivity contribution in [3.8, 4) is 0 Å². The minimum atomic E-state index is 0.602. The number of nitrogens with two attached hydrogens (primary N) is 1. The second-order valence-corrected chi connectivity index (χ2v) is 2.78. The van der Waals surface area contributed by atoms with Crippen molar-refractivity contribution in [2.24, 2.45) is 11.8 Å². The zero-order chi connectivity index (χ0) is 5.98. The molecular formula is C6H14N2. The van der Waals surface area contributed by atoms with Crippen LogP contribution in [0.25, 0.3) is 0 Å². The second-order valence-electron chi connectivity index (χ2n) is 2.78. The van der Waals surface area contributed by atoms with Crippen LogP contribution in [-0.2, 0) is 0 Å². The molecule has 0 radical (unpaired) electrons. The maximum atomic E-state index is 5.25. The van der Waals surface area contributed by atoms with Gasteiger partial charge in [-0.25, -0.2) is 0 Å². The predicted molar refractivity (Wildman–Crippen MR) is 34.1 cm³/mol. The van der Waals surface area contributed by atoms with Gasteiger partial charge in [-0.1, -0.05) is 6.92 Å². The fraction of sp³-hybridized carbons (Fsp3) is 1.00. The van der Waals surface area contributed by atoms with E-state index in [0.29, 0.717) is 6.04 Å². The SMILES string of the molecule is C[C@H]1CC[C@H](NN)C1. The Labute approximate surface area is 50.4 Å². The van der Waals surface area contributed by atoms with Crippen LogP contribution in [-0.4, -0.2) is 6.04 Å². The van der Waals surface area contributed by atoms with E-state index in [9.17, 15) is 0 Å². The van der Waals surface area contributed by atoms with Gasteiger partial charge in [0.1, 0.15) is 0 Å². The van der Waals surface area contributed by atoms with Gasteiger partial charge in [0.15, 0.2) is 0 Å². The van der Waals surface area contributed by atoms with Gasteiger partial charge in [-0.3, -0.25) is 11.3 Å². The monoisotopic (exact) mass is 114 g/mol. The Kier molecular flexibility index (Phi) is 1.86. The van der Waals surface area contributed by atoms with Crippen molar-refractivity contribution in [1.29, 1.82) is 0 Å². The summed E-state index contributed by atoms with van der Waals surface area (Å²) >= 11 is 0. The Hall–Kier alpha value is -0.0800. The van der Waals surface area contributed by atoms with E-state index < -0.39 is 0 Å². The molecule has 0 aromatic heterocycles. The van der Waals surface area contributed by atoms with Crippen LogP contribution in [0.2, 0.25) is 0 Å². The van der Waals surface area contributed by atoms with Crippen molar-refractivity contribution in [1.82, 2.24) is 5.43 Å². The lowest BCUT2D eigenvalue weighted by atomic mass is 10.1. The third kappa shape index (κ3) is 1.20. The van der Waals surface area contributed by atoms with Gasteiger partial charge in [0.25, 0.3) is 0 Å². The molecule has 8 heavy (non-hydrogen) atoms. The highest BCUT2D eigenvalue weighted by Gasteiger charge is 2.18. The van der Waals surface area contributed by atoms with Crippen LogP contribution in [0, 0.1) is 5.92 Å². The number of rotatable bonds is 1. The van der Waals surface area contributed by atoms with Crippen LogP contribution >= 0.6 is 0 Å². The van der Waals surface area contributed by atoms with Gasteiger partial charge in [-0.15, -0.1) is 0 Å². The van der Waals surface area contributed by atoms with Crippen LogP contribution in [0.1, 0.15) is 26.2 Å². The van der Waals surface area contributed by atoms with Crippen LogP contribution in [0.4, 0.5) is 0 Å². The highest BCUT2D eigenvalue weighted by atomic mass is 15.2. The molecule has 0 spiro atoms. The third-order valence-corrected chi connectivity index (χ3v) is 1.93. The Bertz CT molecular complexity index is 72.9. The van der Waals surface area contributed by atoms with Crippen LogP contribution in [0.15, 0.2) is 0 Å². The molecule has 48 valence electrons. The van der Waals surface area contributed by atoms with E-state index in [2.05, 4.69) is 12.3 Å². The van der Waals surface area contributed by atoms with Gasteiger partial charge < -0.3 is 0 Å². The predicted octanol–water partition coefficient (Wildman–Crippen LogP) is 0.638. The molecule has 1 fully saturated rings. The maximum absolute atomic E-state index is 5.25. The van der Waals surface area contributed by atoms with Crippen LogP contribution < -0.4 is 11.3 Å². The topological polar surface area (TPSA) is 38.0 Å². The highest BCUT2D eigenvalue weighted by Crippen LogP contribution is 2.23. The lowest BCUT2D eigenvalue weighted by Gasteiger charge is -2.04. The van der Waals surface area contributed by atoms with Gasteiger partial charge in [-0.05, 0) is 25.2 Å². The first kappa shape index (κ1) is 6.05. The zero-order valence-electron chi connectivity index (χ0n) is 5.35. The summed E-state index contributed by atoms with van der Waals surface area (Å²) in [5.74, 6) is 6.13. The van der Waals surface area contributed by atoms with Crippen molar-refractivity contribution in [3.05, 3.63) is 0 Å². The summed E-state index contributed by atoms with van der Waals surface area (Å²) in [6.45, 7) is 2.28. The maximum Gasteiger partial charge on any atom is 0.0213 e. The van der Waals surface area contributed by atoms with E-state index >= 15 is 0 Å². The highest BCUT2D eigenvalue weighted by molar-refractivity contribution is 4.75. The lowest BCUT2D eigenvalue weighted by Crippen LogP contribution is -2.32. The van der Waals surface area contributed by atoms with E-state index in [1.54, 1.807) is 0 Å². The molecule has 0 saturated heterocycles. The summed E-state index contributed by atoms with van der Waals surface area (Å²) < 4.78 is 0. The molecule has 2 nitrogen and oxygen atoms in total. The van der Waals surface area contributed by atoms with E-state index in [1.807, 2.05) is 0 Å². The normalized spacial score (nSPS) is 38.2. The largest absolute Gasteiger partial charge is 0.271 e. The molecule has 1 aliphatic rings. The van der Waals surface area contributed by atoms with Gasteiger partial charge in [-0.2, -0.15) is 0 Å². The number of hydrogen-bond acceptors (Lipinski definition) is 2. The minimum absolute atomic E-state index is 0.602.